The van der Waals surface area contributed by atoms with Crippen molar-refractivity contribution in [2.75, 3.05) is 32.1 Å². The van der Waals surface area contributed by atoms with E-state index in [0.29, 0.717) is 50.1 Å². The molecule has 2 aliphatic rings. The smallest absolute Gasteiger partial charge is 0.222 e. The lowest BCUT2D eigenvalue weighted by Gasteiger charge is -2.23. The lowest BCUT2D eigenvalue weighted by atomic mass is 9.96. The Hall–Kier alpha value is -2.66. The standard InChI is InChI=1S/C38H49ClN2O6S/c39-35-15-14-31(48-23-7-11-37(45)41(21-5-6-22-42)20-4-3-8-29(44)26-43)24-28(35)27-46-38(17-18-38)34-25-40-19-16-32(34)33-9-1-2-10-36(33)47-30-12-13-30/h1-2,9-10,14-16,19,24-25,29-30,42-44H,3-8,11-13,17-18,20-23,26-27H2. The quantitative estimate of drug-likeness (QED) is 0.0751. The molecule has 3 aromatic rings. The Morgan fingerprint density at radius 3 is 2.56 bits per heavy atom. The summed E-state index contributed by atoms with van der Waals surface area (Å²) in [6.45, 7) is 1.51. The molecule has 0 spiro atoms. The van der Waals surface area contributed by atoms with E-state index in [1.807, 2.05) is 47.6 Å². The molecule has 0 radical (unpaired) electrons. The average molecular weight is 697 g/mol. The van der Waals surface area contributed by atoms with Crippen LogP contribution < -0.4 is 4.74 Å². The van der Waals surface area contributed by atoms with Gasteiger partial charge in [-0.1, -0.05) is 29.8 Å². The number of hydrogen-bond donors (Lipinski definition) is 3. The van der Waals surface area contributed by atoms with Crippen LogP contribution in [0.5, 0.6) is 5.75 Å². The van der Waals surface area contributed by atoms with Crippen LogP contribution in [0.1, 0.15) is 81.8 Å². The molecule has 8 nitrogen and oxygen atoms in total. The monoisotopic (exact) mass is 696 g/mol. The number of carbonyl (C=O) groups is 1. The van der Waals surface area contributed by atoms with Crippen molar-refractivity contribution in [2.45, 2.75) is 99.9 Å². The van der Waals surface area contributed by atoms with E-state index in [1.54, 1.807) is 11.8 Å². The molecule has 10 heteroatoms. The largest absolute Gasteiger partial charge is 0.490 e. The number of carbonyl (C=O) groups excluding carboxylic acids is 1. The van der Waals surface area contributed by atoms with Gasteiger partial charge in [-0.3, -0.25) is 9.78 Å². The fourth-order valence-electron chi connectivity index (χ4n) is 5.84. The van der Waals surface area contributed by atoms with Crippen LogP contribution in [-0.4, -0.2) is 75.4 Å². The second kappa shape index (κ2) is 18.4. The Bertz CT molecular complexity index is 1470. The van der Waals surface area contributed by atoms with Gasteiger partial charge in [0.25, 0.3) is 0 Å². The summed E-state index contributed by atoms with van der Waals surface area (Å²) in [4.78, 5) is 20.5. The fraction of sp³-hybridized carbons (Fsp3) is 0.526. The second-order valence-electron chi connectivity index (χ2n) is 12.9. The Kier molecular flexibility index (Phi) is 14.0. The number of unbranched alkanes of at least 4 members (excludes halogenated alkanes) is 2. The van der Waals surface area contributed by atoms with E-state index in [4.69, 9.17) is 26.2 Å². The number of thioether (sulfide) groups is 1. The zero-order valence-corrected chi connectivity index (χ0v) is 29.3. The molecule has 2 fully saturated rings. The first-order valence-corrected chi connectivity index (χ1v) is 18.7. The van der Waals surface area contributed by atoms with Crippen molar-refractivity contribution in [3.63, 3.8) is 0 Å². The Morgan fingerprint density at radius 2 is 1.81 bits per heavy atom. The zero-order chi connectivity index (χ0) is 33.8. The number of aromatic nitrogens is 1. The molecular formula is C38H49ClN2O6S. The molecule has 48 heavy (non-hydrogen) atoms. The van der Waals surface area contributed by atoms with Gasteiger partial charge in [-0.2, -0.15) is 0 Å². The first-order chi connectivity index (χ1) is 23.4. The molecule has 3 N–H and O–H groups in total. The highest BCUT2D eigenvalue weighted by Gasteiger charge is 2.47. The van der Waals surface area contributed by atoms with Gasteiger partial charge >= 0.3 is 0 Å². The number of aliphatic hydroxyl groups is 3. The van der Waals surface area contributed by atoms with Gasteiger partial charge in [-0.15, -0.1) is 11.8 Å². The highest BCUT2D eigenvalue weighted by atomic mass is 35.5. The lowest BCUT2D eigenvalue weighted by Crippen LogP contribution is -2.33. The summed E-state index contributed by atoms with van der Waals surface area (Å²) in [6.07, 6.45) is 12.1. The molecule has 1 unspecified atom stereocenters. The molecule has 0 aliphatic heterocycles. The van der Waals surface area contributed by atoms with Crippen LogP contribution in [0.25, 0.3) is 11.1 Å². The van der Waals surface area contributed by atoms with Gasteiger partial charge in [-0.05, 0) is 111 Å². The molecule has 1 atom stereocenters. The molecule has 260 valence electrons. The third-order valence-corrected chi connectivity index (χ3v) is 10.4. The van der Waals surface area contributed by atoms with Crippen LogP contribution in [0, 0.1) is 0 Å². The maximum atomic E-state index is 13.0. The summed E-state index contributed by atoms with van der Waals surface area (Å²) in [5.41, 5.74) is 3.77. The van der Waals surface area contributed by atoms with E-state index >= 15 is 0 Å². The summed E-state index contributed by atoms with van der Waals surface area (Å²) in [5, 5.41) is 28.5. The Balaban J connectivity index is 1.14. The van der Waals surface area contributed by atoms with Crippen molar-refractivity contribution in [3.05, 3.63) is 77.1 Å². The predicted molar refractivity (Wildman–Crippen MR) is 190 cm³/mol. The third-order valence-electron chi connectivity index (χ3n) is 8.95. The first kappa shape index (κ1) is 36.6. The van der Waals surface area contributed by atoms with Crippen LogP contribution in [0.3, 0.4) is 0 Å². The number of amides is 1. The van der Waals surface area contributed by atoms with Gasteiger partial charge in [0.05, 0.1) is 31.0 Å². The zero-order valence-electron chi connectivity index (χ0n) is 27.7. The van der Waals surface area contributed by atoms with E-state index < -0.39 is 11.7 Å². The Labute approximate surface area is 293 Å². The molecule has 0 bridgehead atoms. The van der Waals surface area contributed by atoms with E-state index in [2.05, 4.69) is 23.2 Å². The van der Waals surface area contributed by atoms with E-state index in [-0.39, 0.29) is 19.1 Å². The van der Waals surface area contributed by atoms with E-state index in [9.17, 15) is 15.0 Å². The van der Waals surface area contributed by atoms with Crippen LogP contribution in [0.2, 0.25) is 5.02 Å². The number of nitrogens with zero attached hydrogens (tertiary/aromatic N) is 2. The summed E-state index contributed by atoms with van der Waals surface area (Å²) in [5.74, 6) is 1.82. The predicted octanol–water partition coefficient (Wildman–Crippen LogP) is 7.15. The topological polar surface area (TPSA) is 112 Å². The summed E-state index contributed by atoms with van der Waals surface area (Å²) in [6, 6.07) is 16.3. The van der Waals surface area contributed by atoms with Crippen molar-refractivity contribution >= 4 is 29.3 Å². The van der Waals surface area contributed by atoms with Gasteiger partial charge in [0.1, 0.15) is 5.75 Å². The van der Waals surface area contributed by atoms with Gasteiger partial charge < -0.3 is 29.7 Å². The fourth-order valence-corrected chi connectivity index (χ4v) is 6.93. The van der Waals surface area contributed by atoms with Crippen LogP contribution in [0.4, 0.5) is 0 Å². The lowest BCUT2D eigenvalue weighted by molar-refractivity contribution is -0.131. The van der Waals surface area contributed by atoms with Crippen LogP contribution in [-0.2, 0) is 21.7 Å². The summed E-state index contributed by atoms with van der Waals surface area (Å²) in [7, 11) is 0. The summed E-state index contributed by atoms with van der Waals surface area (Å²) < 4.78 is 12.9. The van der Waals surface area contributed by atoms with Crippen molar-refractivity contribution in [2.24, 2.45) is 0 Å². The molecule has 0 saturated heterocycles. The number of aliphatic hydroxyl groups excluding tert-OH is 3. The minimum atomic E-state index is -0.704. The number of para-hydroxylation sites is 1. The van der Waals surface area contributed by atoms with Crippen LogP contribution >= 0.6 is 23.4 Å². The van der Waals surface area contributed by atoms with Crippen molar-refractivity contribution in [1.82, 2.24) is 9.88 Å². The molecule has 2 saturated carbocycles. The molecule has 1 heterocycles. The van der Waals surface area contributed by atoms with E-state index in [0.717, 1.165) is 90.0 Å². The highest BCUT2D eigenvalue weighted by molar-refractivity contribution is 7.99. The molecule has 2 aliphatic carbocycles. The molecular weight excluding hydrogens is 648 g/mol. The molecule has 2 aromatic carbocycles. The third kappa shape index (κ3) is 10.7. The molecule has 5 rings (SSSR count). The van der Waals surface area contributed by atoms with E-state index in [1.165, 1.54) is 0 Å². The minimum Gasteiger partial charge on any atom is -0.490 e. The van der Waals surface area contributed by atoms with Gasteiger partial charge in [-0.25, -0.2) is 0 Å². The molecule has 1 aromatic heterocycles. The average Bonchev–Trinajstić information content (AvgIpc) is 4.05. The number of pyridine rings is 1. The second-order valence-corrected chi connectivity index (χ2v) is 14.4. The van der Waals surface area contributed by atoms with Gasteiger partial charge in [0, 0.05) is 59.6 Å². The maximum absolute atomic E-state index is 13.0. The number of hydrogen-bond acceptors (Lipinski definition) is 8. The molecule has 1 amide bonds. The number of ether oxygens (including phenoxy) is 2. The van der Waals surface area contributed by atoms with Crippen molar-refractivity contribution < 1.29 is 29.6 Å². The summed E-state index contributed by atoms with van der Waals surface area (Å²) >= 11 is 8.36. The normalized spacial score (nSPS) is 15.7. The van der Waals surface area contributed by atoms with Crippen LogP contribution in [0.15, 0.2) is 65.8 Å². The number of rotatable bonds is 22. The van der Waals surface area contributed by atoms with Crippen molar-refractivity contribution in [3.8, 4) is 16.9 Å². The maximum Gasteiger partial charge on any atom is 0.222 e. The Morgan fingerprint density at radius 1 is 1.02 bits per heavy atom. The SMILES string of the molecule is O=C(CCCSc1ccc(Cl)c(COC2(c3cnccc3-c3ccccc3OC3CC3)CC2)c1)N(CCCCO)CCCCC(O)CO. The number of halogens is 1. The first-order valence-electron chi connectivity index (χ1n) is 17.4. The minimum absolute atomic E-state index is 0.116. The highest BCUT2D eigenvalue weighted by Crippen LogP contribution is 2.53. The number of benzene rings is 2. The van der Waals surface area contributed by atoms with Crippen molar-refractivity contribution in [1.29, 1.82) is 0 Å². The van der Waals surface area contributed by atoms with Gasteiger partial charge in [0.2, 0.25) is 5.91 Å². The van der Waals surface area contributed by atoms with Gasteiger partial charge in [0.15, 0.2) is 0 Å².